The molecule has 0 spiro atoms. The van der Waals surface area contributed by atoms with Crippen molar-refractivity contribution in [3.63, 3.8) is 0 Å². The zero-order valence-corrected chi connectivity index (χ0v) is 15.6. The summed E-state index contributed by atoms with van der Waals surface area (Å²) in [5.41, 5.74) is 2.30. The van der Waals surface area contributed by atoms with E-state index < -0.39 is 5.60 Å². The predicted octanol–water partition coefficient (Wildman–Crippen LogP) is 4.66. The molecular weight excluding hydrogens is 300 g/mol. The van der Waals surface area contributed by atoms with Crippen molar-refractivity contribution in [2.24, 2.45) is 0 Å². The summed E-state index contributed by atoms with van der Waals surface area (Å²) in [6.07, 6.45) is 13.5. The summed E-state index contributed by atoms with van der Waals surface area (Å²) in [5, 5.41) is 10.7. The number of fused-ring (bicyclic) bond motifs is 1. The molecule has 0 bridgehead atoms. The van der Waals surface area contributed by atoms with E-state index in [1.54, 1.807) is 0 Å². The van der Waals surface area contributed by atoms with Gasteiger partial charge in [-0.3, -0.25) is 4.79 Å². The third-order valence-electron chi connectivity index (χ3n) is 5.67. The third kappa shape index (κ3) is 4.90. The first kappa shape index (κ1) is 19.1. The van der Waals surface area contributed by atoms with Gasteiger partial charge in [-0.1, -0.05) is 30.7 Å². The molecule has 1 saturated heterocycles. The largest absolute Gasteiger partial charge is 0.386 e. The first-order valence-corrected chi connectivity index (χ1v) is 9.22. The zero-order chi connectivity index (χ0) is 17.8. The van der Waals surface area contributed by atoms with Gasteiger partial charge in [0.1, 0.15) is 6.29 Å². The van der Waals surface area contributed by atoms with Crippen molar-refractivity contribution in [1.29, 1.82) is 0 Å². The average molecular weight is 332 g/mol. The quantitative estimate of drug-likeness (QED) is 0.604. The molecule has 0 amide bonds. The van der Waals surface area contributed by atoms with Crippen LogP contribution in [0.3, 0.4) is 0 Å². The number of carbonyl (C=O) groups is 1. The smallest absolute Gasteiger partial charge is 0.145 e. The second-order valence-corrected chi connectivity index (χ2v) is 7.73. The fourth-order valence-corrected chi connectivity index (χ4v) is 3.35. The number of epoxide rings is 1. The molecule has 24 heavy (non-hydrogen) atoms. The summed E-state index contributed by atoms with van der Waals surface area (Å²) in [6, 6.07) is 0. The molecule has 0 aromatic carbocycles. The summed E-state index contributed by atoms with van der Waals surface area (Å²) in [4.78, 5) is 11.4. The number of hydrogen-bond donors (Lipinski definition) is 1. The van der Waals surface area contributed by atoms with Gasteiger partial charge in [0.2, 0.25) is 0 Å². The number of allylic oxidation sites excluding steroid dienone is 5. The molecule has 3 atom stereocenters. The molecule has 0 aromatic heterocycles. The predicted molar refractivity (Wildman–Crippen MR) is 97.9 cm³/mol. The first-order chi connectivity index (χ1) is 11.3. The van der Waals surface area contributed by atoms with Crippen molar-refractivity contribution in [1.82, 2.24) is 0 Å². The normalized spacial score (nSPS) is 38.0. The van der Waals surface area contributed by atoms with Gasteiger partial charge in [0.05, 0.1) is 17.3 Å². The van der Waals surface area contributed by atoms with Crippen molar-refractivity contribution in [2.45, 2.75) is 89.9 Å². The van der Waals surface area contributed by atoms with Crippen LogP contribution in [-0.4, -0.2) is 28.7 Å². The van der Waals surface area contributed by atoms with Gasteiger partial charge in [-0.25, -0.2) is 0 Å². The highest BCUT2D eigenvalue weighted by Gasteiger charge is 2.50. The molecule has 0 radical (unpaired) electrons. The SMILES string of the molecule is CCC(C)(O)/C1=C/C=C(\C)CCC2OC2(C)CC/C=C(\C=O)CC1. The van der Waals surface area contributed by atoms with Crippen LogP contribution in [0.25, 0.3) is 0 Å². The van der Waals surface area contributed by atoms with E-state index in [9.17, 15) is 9.90 Å². The Morgan fingerprint density at radius 3 is 2.79 bits per heavy atom. The lowest BCUT2D eigenvalue weighted by Crippen LogP contribution is -2.26. The van der Waals surface area contributed by atoms with E-state index in [1.807, 2.05) is 19.9 Å². The highest BCUT2D eigenvalue weighted by molar-refractivity contribution is 5.73. The number of hydrogen-bond acceptors (Lipinski definition) is 3. The molecule has 0 aromatic rings. The molecule has 134 valence electrons. The topological polar surface area (TPSA) is 49.8 Å². The monoisotopic (exact) mass is 332 g/mol. The number of aldehydes is 1. The maximum absolute atomic E-state index is 11.4. The van der Waals surface area contributed by atoms with E-state index >= 15 is 0 Å². The van der Waals surface area contributed by atoms with Gasteiger partial charge >= 0.3 is 0 Å². The Labute approximate surface area is 146 Å². The maximum Gasteiger partial charge on any atom is 0.145 e. The van der Waals surface area contributed by atoms with Crippen LogP contribution in [0.5, 0.6) is 0 Å². The summed E-state index contributed by atoms with van der Waals surface area (Å²) < 4.78 is 5.89. The van der Waals surface area contributed by atoms with Crippen LogP contribution in [0, 0.1) is 0 Å². The molecule has 0 saturated carbocycles. The Balaban J connectivity index is 2.23. The molecule has 1 aliphatic carbocycles. The van der Waals surface area contributed by atoms with E-state index in [0.29, 0.717) is 25.4 Å². The standard InChI is InChI=1S/C21H32O3/c1-5-20(3,23)18-11-8-16(2)9-13-19-21(4,24-19)14-6-7-17(15-22)10-12-18/h7-8,11,15,19,23H,5-6,9-10,12-14H2,1-4H3/b16-8+,17-7-,18-11+. The molecule has 2 rings (SSSR count). The van der Waals surface area contributed by atoms with Gasteiger partial charge < -0.3 is 9.84 Å². The maximum atomic E-state index is 11.4. The lowest BCUT2D eigenvalue weighted by Gasteiger charge is -2.25. The first-order valence-electron chi connectivity index (χ1n) is 9.22. The number of aliphatic hydroxyl groups is 1. The van der Waals surface area contributed by atoms with Gasteiger partial charge in [0.25, 0.3) is 0 Å². The minimum absolute atomic E-state index is 0.0121. The Morgan fingerprint density at radius 2 is 2.12 bits per heavy atom. The van der Waals surface area contributed by atoms with E-state index in [0.717, 1.165) is 43.1 Å². The minimum atomic E-state index is -0.819. The summed E-state index contributed by atoms with van der Waals surface area (Å²) in [7, 11) is 0. The van der Waals surface area contributed by atoms with Gasteiger partial charge in [0.15, 0.2) is 0 Å². The minimum Gasteiger partial charge on any atom is -0.386 e. The van der Waals surface area contributed by atoms with Crippen molar-refractivity contribution in [2.75, 3.05) is 0 Å². The van der Waals surface area contributed by atoms with Crippen molar-refractivity contribution in [3.05, 3.63) is 34.9 Å². The zero-order valence-electron chi connectivity index (χ0n) is 15.6. The van der Waals surface area contributed by atoms with Crippen LogP contribution in [0.4, 0.5) is 0 Å². The second kappa shape index (κ2) is 7.79. The summed E-state index contributed by atoms with van der Waals surface area (Å²) in [6.45, 7) is 8.16. The van der Waals surface area contributed by atoms with Crippen LogP contribution in [0.15, 0.2) is 34.9 Å². The van der Waals surface area contributed by atoms with Crippen LogP contribution >= 0.6 is 0 Å². The average Bonchev–Trinajstić information content (AvgIpc) is 3.20. The highest BCUT2D eigenvalue weighted by atomic mass is 16.6. The number of rotatable bonds is 3. The van der Waals surface area contributed by atoms with Crippen LogP contribution in [-0.2, 0) is 9.53 Å². The molecule has 1 fully saturated rings. The van der Waals surface area contributed by atoms with E-state index in [2.05, 4.69) is 26.0 Å². The third-order valence-corrected chi connectivity index (χ3v) is 5.67. The van der Waals surface area contributed by atoms with Gasteiger partial charge in [-0.2, -0.15) is 0 Å². The second-order valence-electron chi connectivity index (χ2n) is 7.73. The lowest BCUT2D eigenvalue weighted by atomic mass is 9.87. The Bertz CT molecular complexity index is 553. The highest BCUT2D eigenvalue weighted by Crippen LogP contribution is 2.43. The molecule has 1 aliphatic heterocycles. The van der Waals surface area contributed by atoms with Crippen LogP contribution in [0.2, 0.25) is 0 Å². The van der Waals surface area contributed by atoms with Crippen molar-refractivity contribution >= 4 is 6.29 Å². The molecule has 3 unspecified atom stereocenters. The van der Waals surface area contributed by atoms with Gasteiger partial charge in [0, 0.05) is 0 Å². The fraction of sp³-hybridized carbons (Fsp3) is 0.667. The number of ether oxygens (including phenoxy) is 1. The van der Waals surface area contributed by atoms with Gasteiger partial charge in [-0.05, 0) is 76.9 Å². The summed E-state index contributed by atoms with van der Waals surface area (Å²) >= 11 is 0. The van der Waals surface area contributed by atoms with Crippen molar-refractivity contribution in [3.8, 4) is 0 Å². The van der Waals surface area contributed by atoms with E-state index in [1.165, 1.54) is 5.57 Å². The summed E-state index contributed by atoms with van der Waals surface area (Å²) in [5.74, 6) is 0. The molecule has 3 heteroatoms. The molecule has 3 nitrogen and oxygen atoms in total. The molecule has 1 N–H and O–H groups in total. The van der Waals surface area contributed by atoms with E-state index in [4.69, 9.17) is 4.74 Å². The number of carbonyl (C=O) groups excluding carboxylic acids is 1. The molecule has 2 aliphatic rings. The van der Waals surface area contributed by atoms with Gasteiger partial charge in [-0.15, -0.1) is 0 Å². The Hall–Kier alpha value is -1.19. The van der Waals surface area contributed by atoms with E-state index in [-0.39, 0.29) is 5.60 Å². The molecular formula is C21H32O3. The van der Waals surface area contributed by atoms with Crippen molar-refractivity contribution < 1.29 is 14.6 Å². The fourth-order valence-electron chi connectivity index (χ4n) is 3.35. The lowest BCUT2D eigenvalue weighted by molar-refractivity contribution is -0.105. The van der Waals surface area contributed by atoms with Crippen LogP contribution < -0.4 is 0 Å². The Kier molecular flexibility index (Phi) is 6.22. The Morgan fingerprint density at radius 1 is 1.38 bits per heavy atom. The molecule has 1 heterocycles. The van der Waals surface area contributed by atoms with Crippen LogP contribution in [0.1, 0.15) is 72.6 Å².